The number of hydrogen-bond acceptors (Lipinski definition) is 5. The molecule has 0 fully saturated rings. The van der Waals surface area contributed by atoms with E-state index in [1.165, 1.54) is 6.07 Å². The summed E-state index contributed by atoms with van der Waals surface area (Å²) in [6, 6.07) is 8.19. The van der Waals surface area contributed by atoms with Crippen LogP contribution in [0.3, 0.4) is 0 Å². The third kappa shape index (κ3) is 5.24. The Bertz CT molecular complexity index is 1050. The van der Waals surface area contributed by atoms with Gasteiger partial charge in [0, 0.05) is 12.1 Å². The van der Waals surface area contributed by atoms with E-state index in [9.17, 15) is 23.3 Å². The summed E-state index contributed by atoms with van der Waals surface area (Å²) in [5, 5.41) is 13.7. The van der Waals surface area contributed by atoms with E-state index in [1.54, 1.807) is 39.0 Å². The number of nitro groups is 1. The summed E-state index contributed by atoms with van der Waals surface area (Å²) in [5.74, 6) is -0.494. The SMILES string of the molecule is Cc1ccc(N(CC(=O)NC(C)C)S(=O)(=O)c2ccc(Cl)c([N+](=O)[O-])c2)c(C)c1. The highest BCUT2D eigenvalue weighted by Crippen LogP contribution is 2.31. The quantitative estimate of drug-likeness (QED) is 0.523. The number of nitrogens with one attached hydrogen (secondary N) is 1. The van der Waals surface area contributed by atoms with Crippen LogP contribution in [0.2, 0.25) is 5.02 Å². The Morgan fingerprint density at radius 2 is 1.86 bits per heavy atom. The average molecular weight is 440 g/mol. The fourth-order valence-corrected chi connectivity index (χ4v) is 4.50. The van der Waals surface area contributed by atoms with Crippen LogP contribution in [0.25, 0.3) is 0 Å². The molecule has 0 aliphatic carbocycles. The normalized spacial score (nSPS) is 11.4. The van der Waals surface area contributed by atoms with Gasteiger partial charge < -0.3 is 5.32 Å². The minimum absolute atomic E-state index is 0.176. The zero-order valence-electron chi connectivity index (χ0n) is 16.5. The Kier molecular flexibility index (Phi) is 6.86. The number of hydrogen-bond donors (Lipinski definition) is 1. The second kappa shape index (κ2) is 8.79. The first-order valence-corrected chi connectivity index (χ1v) is 10.6. The number of carbonyl (C=O) groups is 1. The van der Waals surface area contributed by atoms with E-state index < -0.39 is 33.1 Å². The molecule has 0 spiro atoms. The van der Waals surface area contributed by atoms with Gasteiger partial charge in [-0.25, -0.2) is 8.42 Å². The van der Waals surface area contributed by atoms with Gasteiger partial charge in [0.1, 0.15) is 11.6 Å². The Balaban J connectivity index is 2.61. The van der Waals surface area contributed by atoms with Gasteiger partial charge in [-0.15, -0.1) is 0 Å². The first-order chi connectivity index (χ1) is 13.4. The number of sulfonamides is 1. The van der Waals surface area contributed by atoms with Crippen molar-refractivity contribution in [3.63, 3.8) is 0 Å². The van der Waals surface area contributed by atoms with E-state index in [4.69, 9.17) is 11.6 Å². The molecule has 0 saturated heterocycles. The van der Waals surface area contributed by atoms with E-state index in [1.807, 2.05) is 6.92 Å². The predicted molar refractivity (Wildman–Crippen MR) is 112 cm³/mol. The van der Waals surface area contributed by atoms with Crippen LogP contribution in [0.5, 0.6) is 0 Å². The van der Waals surface area contributed by atoms with E-state index in [-0.39, 0.29) is 16.0 Å². The first-order valence-electron chi connectivity index (χ1n) is 8.76. The number of rotatable bonds is 7. The van der Waals surface area contributed by atoms with Crippen LogP contribution >= 0.6 is 11.6 Å². The molecule has 156 valence electrons. The standard InChI is InChI=1S/C19H22ClN3O5S/c1-12(2)21-19(24)11-22(17-8-5-13(3)9-14(17)4)29(27,28)15-6-7-16(20)18(10-15)23(25)26/h5-10,12H,11H2,1-4H3,(H,21,24). The molecule has 0 saturated carbocycles. The van der Waals surface area contributed by atoms with Crippen molar-refractivity contribution in [2.45, 2.75) is 38.6 Å². The zero-order chi connectivity index (χ0) is 21.9. The first kappa shape index (κ1) is 22.6. The van der Waals surface area contributed by atoms with Crippen molar-refractivity contribution in [1.29, 1.82) is 0 Å². The van der Waals surface area contributed by atoms with Gasteiger partial charge in [-0.3, -0.25) is 19.2 Å². The van der Waals surface area contributed by atoms with Crippen LogP contribution < -0.4 is 9.62 Å². The highest BCUT2D eigenvalue weighted by Gasteiger charge is 2.30. The molecule has 0 aliphatic rings. The van der Waals surface area contributed by atoms with Gasteiger partial charge >= 0.3 is 0 Å². The smallest absolute Gasteiger partial charge is 0.289 e. The van der Waals surface area contributed by atoms with Gasteiger partial charge in [0.2, 0.25) is 5.91 Å². The summed E-state index contributed by atoms with van der Waals surface area (Å²) in [7, 11) is -4.28. The van der Waals surface area contributed by atoms with Gasteiger partial charge in [0.05, 0.1) is 15.5 Å². The second-order valence-corrected chi connectivity index (χ2v) is 9.16. The summed E-state index contributed by atoms with van der Waals surface area (Å²) in [4.78, 5) is 22.5. The van der Waals surface area contributed by atoms with Gasteiger partial charge in [-0.1, -0.05) is 29.3 Å². The van der Waals surface area contributed by atoms with Gasteiger partial charge in [-0.05, 0) is 51.5 Å². The molecule has 29 heavy (non-hydrogen) atoms. The Morgan fingerprint density at radius 1 is 1.21 bits per heavy atom. The fraction of sp³-hybridized carbons (Fsp3) is 0.316. The van der Waals surface area contributed by atoms with Crippen molar-refractivity contribution in [1.82, 2.24) is 5.32 Å². The predicted octanol–water partition coefficient (Wildman–Crippen LogP) is 3.58. The van der Waals surface area contributed by atoms with Crippen molar-refractivity contribution >= 4 is 38.9 Å². The molecule has 1 N–H and O–H groups in total. The minimum atomic E-state index is -4.28. The van der Waals surface area contributed by atoms with Crippen LogP contribution in [0.15, 0.2) is 41.3 Å². The highest BCUT2D eigenvalue weighted by atomic mass is 35.5. The number of anilines is 1. The van der Waals surface area contributed by atoms with Crippen LogP contribution in [0.4, 0.5) is 11.4 Å². The van der Waals surface area contributed by atoms with E-state index in [0.717, 1.165) is 22.0 Å². The number of amides is 1. The van der Waals surface area contributed by atoms with Gasteiger partial charge in [0.15, 0.2) is 0 Å². The minimum Gasteiger partial charge on any atom is -0.352 e. The topological polar surface area (TPSA) is 110 Å². The Labute approximate surface area is 174 Å². The molecule has 2 aromatic rings. The molecule has 2 rings (SSSR count). The summed E-state index contributed by atoms with van der Waals surface area (Å²) in [5.41, 5.74) is 1.36. The van der Waals surface area contributed by atoms with E-state index >= 15 is 0 Å². The molecule has 1 amide bonds. The Hall–Kier alpha value is -2.65. The fourth-order valence-electron chi connectivity index (χ4n) is 2.80. The summed E-state index contributed by atoms with van der Waals surface area (Å²) < 4.78 is 27.7. The van der Waals surface area contributed by atoms with Crippen molar-refractivity contribution in [2.24, 2.45) is 0 Å². The molecule has 8 nitrogen and oxygen atoms in total. The molecule has 0 unspecified atom stereocenters. The maximum Gasteiger partial charge on any atom is 0.289 e. The van der Waals surface area contributed by atoms with Crippen molar-refractivity contribution in [2.75, 3.05) is 10.8 Å². The largest absolute Gasteiger partial charge is 0.352 e. The number of nitro benzene ring substituents is 1. The molecule has 0 aliphatic heterocycles. The second-order valence-electron chi connectivity index (χ2n) is 6.89. The molecule has 0 radical (unpaired) electrons. The third-order valence-corrected chi connectivity index (χ3v) is 6.14. The lowest BCUT2D eigenvalue weighted by molar-refractivity contribution is -0.384. The molecule has 10 heteroatoms. The number of nitrogens with zero attached hydrogens (tertiary/aromatic N) is 2. The number of carbonyl (C=O) groups excluding carboxylic acids is 1. The van der Waals surface area contributed by atoms with E-state index in [2.05, 4.69) is 5.32 Å². The molecule has 0 heterocycles. The maximum atomic E-state index is 13.4. The number of benzene rings is 2. The van der Waals surface area contributed by atoms with Crippen LogP contribution in [0, 0.1) is 24.0 Å². The van der Waals surface area contributed by atoms with Crippen LogP contribution in [0.1, 0.15) is 25.0 Å². The van der Waals surface area contributed by atoms with Crippen molar-refractivity contribution < 1.29 is 18.1 Å². The van der Waals surface area contributed by atoms with Gasteiger partial charge in [0.25, 0.3) is 15.7 Å². The lowest BCUT2D eigenvalue weighted by Crippen LogP contribution is -2.43. The molecule has 0 aromatic heterocycles. The van der Waals surface area contributed by atoms with E-state index in [0.29, 0.717) is 11.3 Å². The lowest BCUT2D eigenvalue weighted by Gasteiger charge is -2.26. The number of halogens is 1. The molecule has 2 aromatic carbocycles. The molecular weight excluding hydrogens is 418 g/mol. The van der Waals surface area contributed by atoms with Gasteiger partial charge in [-0.2, -0.15) is 0 Å². The average Bonchev–Trinajstić information content (AvgIpc) is 2.59. The van der Waals surface area contributed by atoms with Crippen molar-refractivity contribution in [3.05, 3.63) is 62.7 Å². The monoisotopic (exact) mass is 439 g/mol. The van der Waals surface area contributed by atoms with Crippen LogP contribution in [-0.2, 0) is 14.8 Å². The molecule has 0 atom stereocenters. The third-order valence-electron chi connectivity index (χ3n) is 4.06. The van der Waals surface area contributed by atoms with Crippen LogP contribution in [-0.4, -0.2) is 31.8 Å². The summed E-state index contributed by atoms with van der Waals surface area (Å²) in [6.07, 6.45) is 0. The number of aryl methyl sites for hydroxylation is 2. The summed E-state index contributed by atoms with van der Waals surface area (Å²) in [6.45, 7) is 6.65. The van der Waals surface area contributed by atoms with Crippen molar-refractivity contribution in [3.8, 4) is 0 Å². The maximum absolute atomic E-state index is 13.4. The lowest BCUT2D eigenvalue weighted by atomic mass is 10.1. The molecule has 0 bridgehead atoms. The summed E-state index contributed by atoms with van der Waals surface area (Å²) >= 11 is 5.81. The molecular formula is C19H22ClN3O5S. The zero-order valence-corrected chi connectivity index (χ0v) is 18.0. The Morgan fingerprint density at radius 3 is 2.41 bits per heavy atom. The highest BCUT2D eigenvalue weighted by molar-refractivity contribution is 7.92.